The number of nitrogens with zero attached hydrogens (tertiary/aromatic N) is 3. The van der Waals surface area contributed by atoms with Gasteiger partial charge in [0.2, 0.25) is 0 Å². The van der Waals surface area contributed by atoms with Crippen LogP contribution in [0.15, 0.2) is 23.1 Å². The molecule has 0 amide bonds. The summed E-state index contributed by atoms with van der Waals surface area (Å²) in [5, 5.41) is 1.19. The molecule has 1 aromatic heterocycles. The van der Waals surface area contributed by atoms with E-state index in [-0.39, 0.29) is 0 Å². The van der Waals surface area contributed by atoms with Crippen molar-refractivity contribution in [2.45, 2.75) is 23.8 Å². The van der Waals surface area contributed by atoms with Crippen LogP contribution in [0.1, 0.15) is 12.8 Å². The largest absolute Gasteiger partial charge is 0.381 e. The summed E-state index contributed by atoms with van der Waals surface area (Å²) in [7, 11) is 0. The summed E-state index contributed by atoms with van der Waals surface area (Å²) in [5.41, 5.74) is 1.13. The van der Waals surface area contributed by atoms with E-state index in [4.69, 9.17) is 9.72 Å². The first-order chi connectivity index (χ1) is 11.3. The third-order valence-corrected chi connectivity index (χ3v) is 6.68. The number of anilines is 1. The van der Waals surface area contributed by atoms with Gasteiger partial charge in [-0.25, -0.2) is 4.98 Å². The first-order valence-electron chi connectivity index (χ1n) is 8.35. The average molecular weight is 350 g/mol. The summed E-state index contributed by atoms with van der Waals surface area (Å²) in [6, 6.07) is 7.31. The minimum absolute atomic E-state index is 0.727. The Labute approximate surface area is 145 Å². The van der Waals surface area contributed by atoms with Crippen LogP contribution in [0.5, 0.6) is 0 Å². The van der Waals surface area contributed by atoms with E-state index in [1.165, 1.54) is 27.6 Å². The molecule has 0 atom stereocenters. The molecule has 0 saturated carbocycles. The van der Waals surface area contributed by atoms with E-state index in [0.717, 1.165) is 51.0 Å². The summed E-state index contributed by atoms with van der Waals surface area (Å²) in [6.07, 6.45) is 4.51. The lowest BCUT2D eigenvalue weighted by Gasteiger charge is -2.40. The molecular weight excluding hydrogens is 326 g/mol. The predicted molar refractivity (Wildman–Crippen MR) is 99.0 cm³/mol. The Balaban J connectivity index is 1.43. The molecule has 23 heavy (non-hydrogen) atoms. The summed E-state index contributed by atoms with van der Waals surface area (Å²) in [6.45, 7) is 6.34. The van der Waals surface area contributed by atoms with Gasteiger partial charge in [-0.3, -0.25) is 4.90 Å². The standard InChI is InChI=1S/C17H23N3OS2/c1-22-14-2-3-15-16(12-14)23-17(18-15)20-8-6-19(7-9-20)13-4-10-21-11-5-13/h2-3,12-13H,4-11H2,1H3. The second-order valence-electron chi connectivity index (χ2n) is 6.20. The van der Waals surface area contributed by atoms with E-state index in [0.29, 0.717) is 0 Å². The lowest BCUT2D eigenvalue weighted by Crippen LogP contribution is -2.51. The van der Waals surface area contributed by atoms with Crippen LogP contribution < -0.4 is 4.90 Å². The molecule has 0 N–H and O–H groups in total. The zero-order valence-electron chi connectivity index (χ0n) is 13.5. The van der Waals surface area contributed by atoms with Gasteiger partial charge in [0.05, 0.1) is 10.2 Å². The topological polar surface area (TPSA) is 28.6 Å². The van der Waals surface area contributed by atoms with Crippen LogP contribution in [0.25, 0.3) is 10.2 Å². The number of ether oxygens (including phenoxy) is 1. The van der Waals surface area contributed by atoms with Crippen molar-refractivity contribution in [1.82, 2.24) is 9.88 Å². The Bertz CT molecular complexity index is 661. The normalized spacial score (nSPS) is 21.2. The van der Waals surface area contributed by atoms with Crippen LogP contribution >= 0.6 is 23.1 Å². The van der Waals surface area contributed by atoms with E-state index in [1.54, 1.807) is 11.8 Å². The summed E-state index contributed by atoms with van der Waals surface area (Å²) >= 11 is 3.63. The summed E-state index contributed by atoms with van der Waals surface area (Å²) < 4.78 is 6.79. The minimum atomic E-state index is 0.727. The van der Waals surface area contributed by atoms with Gasteiger partial charge in [0, 0.05) is 50.3 Å². The van der Waals surface area contributed by atoms with Crippen LogP contribution in [-0.2, 0) is 4.74 Å². The predicted octanol–water partition coefficient (Wildman–Crippen LogP) is 3.32. The number of thioether (sulfide) groups is 1. The van der Waals surface area contributed by atoms with Crippen LogP contribution in [0, 0.1) is 0 Å². The van der Waals surface area contributed by atoms with Gasteiger partial charge in [-0.15, -0.1) is 11.8 Å². The molecule has 4 rings (SSSR count). The van der Waals surface area contributed by atoms with Gasteiger partial charge in [0.25, 0.3) is 0 Å². The third kappa shape index (κ3) is 3.36. The van der Waals surface area contributed by atoms with Crippen molar-refractivity contribution in [3.63, 3.8) is 0 Å². The van der Waals surface area contributed by atoms with Crippen LogP contribution in [0.3, 0.4) is 0 Å². The molecular formula is C17H23N3OS2. The van der Waals surface area contributed by atoms with E-state index in [2.05, 4.69) is 34.3 Å². The molecule has 1 aromatic carbocycles. The van der Waals surface area contributed by atoms with Crippen molar-refractivity contribution in [3.8, 4) is 0 Å². The van der Waals surface area contributed by atoms with Crippen molar-refractivity contribution in [3.05, 3.63) is 18.2 Å². The van der Waals surface area contributed by atoms with E-state index in [1.807, 2.05) is 11.3 Å². The molecule has 2 aromatic rings. The molecule has 4 nitrogen and oxygen atoms in total. The molecule has 0 aliphatic carbocycles. The number of fused-ring (bicyclic) bond motifs is 1. The highest BCUT2D eigenvalue weighted by Gasteiger charge is 2.26. The quantitative estimate of drug-likeness (QED) is 0.793. The maximum Gasteiger partial charge on any atom is 0.186 e. The monoisotopic (exact) mass is 349 g/mol. The minimum Gasteiger partial charge on any atom is -0.381 e. The maximum absolute atomic E-state index is 5.49. The van der Waals surface area contributed by atoms with Crippen molar-refractivity contribution >= 4 is 38.4 Å². The van der Waals surface area contributed by atoms with Gasteiger partial charge in [-0.05, 0) is 37.3 Å². The van der Waals surface area contributed by atoms with Gasteiger partial charge in [-0.2, -0.15) is 0 Å². The molecule has 124 valence electrons. The smallest absolute Gasteiger partial charge is 0.186 e. The molecule has 6 heteroatoms. The number of thiazole rings is 1. The summed E-state index contributed by atoms with van der Waals surface area (Å²) in [5.74, 6) is 0. The Morgan fingerprint density at radius 3 is 2.70 bits per heavy atom. The maximum atomic E-state index is 5.49. The number of rotatable bonds is 3. The number of aromatic nitrogens is 1. The molecule has 3 heterocycles. The van der Waals surface area contributed by atoms with Crippen LogP contribution in [-0.4, -0.2) is 61.6 Å². The lowest BCUT2D eigenvalue weighted by molar-refractivity contribution is 0.0321. The zero-order chi connectivity index (χ0) is 15.6. The van der Waals surface area contributed by atoms with E-state index < -0.39 is 0 Å². The highest BCUT2D eigenvalue weighted by Crippen LogP contribution is 2.32. The Morgan fingerprint density at radius 2 is 1.96 bits per heavy atom. The first-order valence-corrected chi connectivity index (χ1v) is 10.4. The van der Waals surface area contributed by atoms with Crippen LogP contribution in [0.2, 0.25) is 0 Å². The Kier molecular flexibility index (Phi) is 4.76. The van der Waals surface area contributed by atoms with Gasteiger partial charge in [0.1, 0.15) is 0 Å². The van der Waals surface area contributed by atoms with Gasteiger partial charge in [0.15, 0.2) is 5.13 Å². The molecule has 2 aliphatic rings. The van der Waals surface area contributed by atoms with Crippen molar-refractivity contribution < 1.29 is 4.74 Å². The number of benzene rings is 1. The SMILES string of the molecule is CSc1ccc2nc(N3CCN(C4CCOCC4)CC3)sc2c1. The number of hydrogen-bond donors (Lipinski definition) is 0. The van der Waals surface area contributed by atoms with Gasteiger partial charge in [-0.1, -0.05) is 11.3 Å². The highest BCUT2D eigenvalue weighted by molar-refractivity contribution is 7.98. The van der Waals surface area contributed by atoms with E-state index >= 15 is 0 Å². The Hall–Kier alpha value is -0.820. The van der Waals surface area contributed by atoms with Gasteiger partial charge < -0.3 is 9.64 Å². The van der Waals surface area contributed by atoms with Crippen molar-refractivity contribution in [2.75, 3.05) is 50.5 Å². The first kappa shape index (κ1) is 15.7. The fourth-order valence-electron chi connectivity index (χ4n) is 3.48. The second-order valence-corrected chi connectivity index (χ2v) is 8.09. The third-order valence-electron chi connectivity index (χ3n) is 4.88. The van der Waals surface area contributed by atoms with Crippen LogP contribution in [0.4, 0.5) is 5.13 Å². The van der Waals surface area contributed by atoms with Crippen molar-refractivity contribution in [2.24, 2.45) is 0 Å². The second kappa shape index (κ2) is 6.97. The zero-order valence-corrected chi connectivity index (χ0v) is 15.2. The lowest BCUT2D eigenvalue weighted by atomic mass is 10.1. The van der Waals surface area contributed by atoms with Crippen molar-refractivity contribution in [1.29, 1.82) is 0 Å². The molecule has 2 saturated heterocycles. The molecule has 2 fully saturated rings. The number of hydrogen-bond acceptors (Lipinski definition) is 6. The molecule has 0 unspecified atom stereocenters. The average Bonchev–Trinajstić information content (AvgIpc) is 3.05. The highest BCUT2D eigenvalue weighted by atomic mass is 32.2. The summed E-state index contributed by atoms with van der Waals surface area (Å²) in [4.78, 5) is 11.3. The molecule has 0 radical (unpaired) electrons. The number of piperazine rings is 1. The van der Waals surface area contributed by atoms with Gasteiger partial charge >= 0.3 is 0 Å². The molecule has 0 bridgehead atoms. The Morgan fingerprint density at radius 1 is 1.17 bits per heavy atom. The molecule has 2 aliphatic heterocycles. The molecule has 0 spiro atoms. The fraction of sp³-hybridized carbons (Fsp3) is 0.588. The fourth-order valence-corrected chi connectivity index (χ4v) is 5.05. The van der Waals surface area contributed by atoms with E-state index in [9.17, 15) is 0 Å².